The van der Waals surface area contributed by atoms with Gasteiger partial charge in [0.25, 0.3) is 0 Å². The van der Waals surface area contributed by atoms with E-state index >= 15 is 0 Å². The fraction of sp³-hybridized carbons (Fsp3) is 0.0857. The normalized spacial score (nSPS) is 14.5. The Morgan fingerprint density at radius 3 is 2.19 bits per heavy atom. The molecule has 210 valence electrons. The van der Waals surface area contributed by atoms with Crippen LogP contribution >= 0.6 is 23.4 Å². The first kappa shape index (κ1) is 28.2. The van der Waals surface area contributed by atoms with Crippen molar-refractivity contribution in [3.8, 4) is 40.0 Å². The van der Waals surface area contributed by atoms with Crippen LogP contribution in [-0.2, 0) is 9.59 Å². The number of pyridine rings is 1. The molecule has 43 heavy (non-hydrogen) atoms. The van der Waals surface area contributed by atoms with E-state index in [1.807, 2.05) is 67.6 Å². The smallest absolute Gasteiger partial charge is 0.247 e. The second-order valence-corrected chi connectivity index (χ2v) is 11.6. The highest BCUT2D eigenvalue weighted by Crippen LogP contribution is 2.39. The first-order valence-corrected chi connectivity index (χ1v) is 14.8. The van der Waals surface area contributed by atoms with E-state index in [1.54, 1.807) is 48.5 Å². The zero-order chi connectivity index (χ0) is 29.9. The Morgan fingerprint density at radius 2 is 1.53 bits per heavy atom. The maximum absolute atomic E-state index is 13.6. The van der Waals surface area contributed by atoms with Gasteiger partial charge in [-0.1, -0.05) is 83.5 Å². The number of benzene rings is 4. The Balaban J connectivity index is 1.29. The molecule has 6 nitrogen and oxygen atoms in total. The number of imide groups is 1. The Morgan fingerprint density at radius 1 is 0.884 bits per heavy atom. The third-order valence-electron chi connectivity index (χ3n) is 7.03. The fourth-order valence-corrected chi connectivity index (χ4v) is 6.09. The summed E-state index contributed by atoms with van der Waals surface area (Å²) < 4.78 is 5.84. The summed E-state index contributed by atoms with van der Waals surface area (Å²) in [6, 6.07) is 35.6. The van der Waals surface area contributed by atoms with Gasteiger partial charge in [-0.25, -0.2) is 9.88 Å². The van der Waals surface area contributed by atoms with E-state index in [2.05, 4.69) is 6.07 Å². The second kappa shape index (κ2) is 12.1. The molecule has 5 aromatic rings. The van der Waals surface area contributed by atoms with Crippen molar-refractivity contribution in [1.82, 2.24) is 4.98 Å². The number of hydrogen-bond donors (Lipinski definition) is 0. The number of aromatic nitrogens is 1. The van der Waals surface area contributed by atoms with E-state index in [-0.39, 0.29) is 18.2 Å². The van der Waals surface area contributed by atoms with E-state index in [9.17, 15) is 14.9 Å². The number of rotatable bonds is 7. The fourth-order valence-electron chi connectivity index (χ4n) is 4.84. The highest BCUT2D eigenvalue weighted by atomic mass is 35.5. The van der Waals surface area contributed by atoms with Crippen LogP contribution in [0.5, 0.6) is 11.5 Å². The first-order valence-electron chi connectivity index (χ1n) is 13.5. The van der Waals surface area contributed by atoms with Crippen LogP contribution in [0.25, 0.3) is 22.4 Å². The number of halogens is 1. The van der Waals surface area contributed by atoms with E-state index in [1.165, 1.54) is 4.90 Å². The molecular weight excluding hydrogens is 578 g/mol. The maximum Gasteiger partial charge on any atom is 0.247 e. The Labute approximate surface area is 258 Å². The molecule has 1 atom stereocenters. The van der Waals surface area contributed by atoms with Crippen LogP contribution in [0.15, 0.2) is 114 Å². The van der Waals surface area contributed by atoms with Gasteiger partial charge in [-0.15, -0.1) is 0 Å². The summed E-state index contributed by atoms with van der Waals surface area (Å²) in [7, 11) is 0. The van der Waals surface area contributed by atoms with E-state index in [4.69, 9.17) is 21.3 Å². The van der Waals surface area contributed by atoms with E-state index in [0.29, 0.717) is 38.5 Å². The van der Waals surface area contributed by atoms with Gasteiger partial charge < -0.3 is 4.74 Å². The van der Waals surface area contributed by atoms with Crippen molar-refractivity contribution >= 4 is 40.9 Å². The van der Waals surface area contributed by atoms with Crippen LogP contribution < -0.4 is 9.64 Å². The summed E-state index contributed by atoms with van der Waals surface area (Å²) in [6.45, 7) is 2.01. The monoisotopic (exact) mass is 601 g/mol. The lowest BCUT2D eigenvalue weighted by Gasteiger charge is -2.17. The molecule has 1 saturated heterocycles. The minimum atomic E-state index is -0.728. The van der Waals surface area contributed by atoms with E-state index < -0.39 is 5.25 Å². The minimum absolute atomic E-state index is 0.00545. The van der Waals surface area contributed by atoms with Gasteiger partial charge >= 0.3 is 0 Å². The molecule has 1 fully saturated rings. The van der Waals surface area contributed by atoms with Crippen molar-refractivity contribution < 1.29 is 14.3 Å². The molecule has 2 amide bonds. The third-order valence-corrected chi connectivity index (χ3v) is 8.46. The number of aryl methyl sites for hydroxylation is 1. The lowest BCUT2D eigenvalue weighted by molar-refractivity contribution is -0.121. The minimum Gasteiger partial charge on any atom is -0.457 e. The van der Waals surface area contributed by atoms with Crippen molar-refractivity contribution in [3.63, 3.8) is 0 Å². The number of carbonyl (C=O) groups excluding carboxylic acids is 2. The lowest BCUT2D eigenvalue weighted by atomic mass is 9.98. The average molecular weight is 602 g/mol. The van der Waals surface area contributed by atoms with Gasteiger partial charge in [-0.2, -0.15) is 5.26 Å². The molecule has 0 saturated carbocycles. The summed E-state index contributed by atoms with van der Waals surface area (Å²) >= 11 is 7.10. The van der Waals surface area contributed by atoms with Gasteiger partial charge in [-0.05, 0) is 67.1 Å². The van der Waals surface area contributed by atoms with Gasteiger partial charge in [0, 0.05) is 22.6 Å². The molecule has 1 aliphatic heterocycles. The highest BCUT2D eigenvalue weighted by Gasteiger charge is 2.41. The molecule has 0 radical (unpaired) electrons. The molecule has 1 aliphatic rings. The number of anilines is 1. The number of nitrogens with zero attached hydrogens (tertiary/aromatic N) is 3. The van der Waals surface area contributed by atoms with Crippen molar-refractivity contribution in [3.05, 3.63) is 125 Å². The standard InChI is InChI=1S/C35H24ClN3O3S/c1-22-7-9-23(10-8-22)29-19-31(24-5-3-2-4-6-24)38-34(30(29)21-37)43-32-20-33(40)39(35(32)41)26-13-17-28(18-14-26)42-27-15-11-25(36)12-16-27/h2-19,32H,20H2,1H3. The zero-order valence-corrected chi connectivity index (χ0v) is 24.6. The number of nitriles is 1. The van der Waals surface area contributed by atoms with Gasteiger partial charge in [0.1, 0.15) is 22.6 Å². The number of hydrogen-bond acceptors (Lipinski definition) is 6. The quantitative estimate of drug-likeness (QED) is 0.174. The average Bonchev–Trinajstić information content (AvgIpc) is 3.31. The Hall–Kier alpha value is -4.90. The first-order chi connectivity index (χ1) is 20.9. The van der Waals surface area contributed by atoms with Crippen LogP contribution in [0, 0.1) is 18.3 Å². The number of thioether (sulfide) groups is 1. The maximum atomic E-state index is 13.6. The molecule has 4 aromatic carbocycles. The molecule has 0 bridgehead atoms. The molecule has 0 N–H and O–H groups in total. The SMILES string of the molecule is Cc1ccc(-c2cc(-c3ccccc3)nc(SC3CC(=O)N(c4ccc(Oc5ccc(Cl)cc5)cc4)C3=O)c2C#N)cc1. The summed E-state index contributed by atoms with van der Waals surface area (Å²) in [5.41, 5.74) is 5.10. The highest BCUT2D eigenvalue weighted by molar-refractivity contribution is 8.00. The number of amides is 2. The Bertz CT molecular complexity index is 1850. The van der Waals surface area contributed by atoms with Gasteiger partial charge in [0.05, 0.1) is 22.2 Å². The Kier molecular flexibility index (Phi) is 7.97. The van der Waals surface area contributed by atoms with Crippen molar-refractivity contribution in [2.75, 3.05) is 4.90 Å². The number of ether oxygens (including phenoxy) is 1. The molecule has 2 heterocycles. The molecular formula is C35H24ClN3O3S. The van der Waals surface area contributed by atoms with Crippen molar-refractivity contribution in [1.29, 1.82) is 5.26 Å². The van der Waals surface area contributed by atoms with Crippen LogP contribution in [0.3, 0.4) is 0 Å². The predicted molar refractivity (Wildman–Crippen MR) is 169 cm³/mol. The van der Waals surface area contributed by atoms with Crippen LogP contribution in [0.2, 0.25) is 5.02 Å². The predicted octanol–water partition coefficient (Wildman–Crippen LogP) is 8.47. The number of carbonyl (C=O) groups is 2. The molecule has 1 aromatic heterocycles. The third kappa shape index (κ3) is 6.02. The van der Waals surface area contributed by atoms with Crippen LogP contribution in [0.1, 0.15) is 17.5 Å². The molecule has 1 unspecified atom stereocenters. The summed E-state index contributed by atoms with van der Waals surface area (Å²) in [5.74, 6) is 0.505. The largest absolute Gasteiger partial charge is 0.457 e. The summed E-state index contributed by atoms with van der Waals surface area (Å²) in [6.07, 6.45) is -0.00545. The molecule has 8 heteroatoms. The van der Waals surface area contributed by atoms with Crippen molar-refractivity contribution in [2.45, 2.75) is 23.6 Å². The summed E-state index contributed by atoms with van der Waals surface area (Å²) in [4.78, 5) is 32.7. The topological polar surface area (TPSA) is 83.3 Å². The molecule has 6 rings (SSSR count). The van der Waals surface area contributed by atoms with E-state index in [0.717, 1.165) is 34.0 Å². The molecule has 0 spiro atoms. The van der Waals surface area contributed by atoms with Gasteiger partial charge in [0.15, 0.2) is 0 Å². The van der Waals surface area contributed by atoms with Gasteiger partial charge in [-0.3, -0.25) is 9.59 Å². The lowest BCUT2D eigenvalue weighted by Crippen LogP contribution is -2.31. The zero-order valence-electron chi connectivity index (χ0n) is 23.0. The van der Waals surface area contributed by atoms with Crippen LogP contribution in [-0.4, -0.2) is 22.0 Å². The second-order valence-electron chi connectivity index (χ2n) is 10.0. The summed E-state index contributed by atoms with van der Waals surface area (Å²) in [5, 5.41) is 10.6. The van der Waals surface area contributed by atoms with Crippen molar-refractivity contribution in [2.24, 2.45) is 0 Å². The molecule has 0 aliphatic carbocycles. The van der Waals surface area contributed by atoms with Crippen LogP contribution in [0.4, 0.5) is 5.69 Å². The van der Waals surface area contributed by atoms with Gasteiger partial charge in [0.2, 0.25) is 11.8 Å².